The molecule has 4 aliphatic carbocycles. The third-order valence-electron chi connectivity index (χ3n) is 6.82. The van der Waals surface area contributed by atoms with E-state index in [-0.39, 0.29) is 22.4 Å². The van der Waals surface area contributed by atoms with E-state index in [9.17, 15) is 14.7 Å². The molecule has 0 aliphatic heterocycles. The predicted octanol–water partition coefficient (Wildman–Crippen LogP) is 3.21. The highest BCUT2D eigenvalue weighted by molar-refractivity contribution is 6.07. The Labute approximate surface area is 151 Å². The van der Waals surface area contributed by atoms with E-state index in [4.69, 9.17) is 0 Å². The third kappa shape index (κ3) is 2.50. The first-order valence-electron chi connectivity index (χ1n) is 9.50. The second-order valence-corrected chi connectivity index (χ2v) is 8.72. The molecule has 4 bridgehead atoms. The van der Waals surface area contributed by atoms with Crippen molar-refractivity contribution in [1.29, 1.82) is 0 Å². The molecular formula is C20H23N3O3. The van der Waals surface area contributed by atoms with Gasteiger partial charge < -0.3 is 15.4 Å². The molecule has 1 amide bonds. The molecule has 3 N–H and O–H groups in total. The van der Waals surface area contributed by atoms with Crippen LogP contribution in [0.3, 0.4) is 0 Å². The van der Waals surface area contributed by atoms with Gasteiger partial charge in [0, 0.05) is 6.54 Å². The Morgan fingerprint density at radius 1 is 1.12 bits per heavy atom. The number of carbonyl (C=O) groups is 2. The van der Waals surface area contributed by atoms with Crippen LogP contribution in [0.1, 0.15) is 59.2 Å². The van der Waals surface area contributed by atoms with Crippen LogP contribution in [-0.4, -0.2) is 33.5 Å². The molecule has 0 unspecified atom stereocenters. The maximum absolute atomic E-state index is 12.8. The van der Waals surface area contributed by atoms with E-state index in [0.29, 0.717) is 17.6 Å². The van der Waals surface area contributed by atoms with Gasteiger partial charge in [-0.15, -0.1) is 0 Å². The molecule has 1 heterocycles. The van der Waals surface area contributed by atoms with Crippen molar-refractivity contribution in [3.63, 3.8) is 0 Å². The number of aromatic nitrogens is 2. The second-order valence-electron chi connectivity index (χ2n) is 8.72. The highest BCUT2D eigenvalue weighted by atomic mass is 16.4. The van der Waals surface area contributed by atoms with Gasteiger partial charge in [-0.05, 0) is 73.8 Å². The topological polar surface area (TPSA) is 95.1 Å². The lowest BCUT2D eigenvalue weighted by molar-refractivity contribution is -0.0503. The molecule has 6 rings (SSSR count). The zero-order valence-electron chi connectivity index (χ0n) is 14.6. The number of aromatic carboxylic acids is 1. The average molecular weight is 353 g/mol. The van der Waals surface area contributed by atoms with Crippen molar-refractivity contribution in [3.8, 4) is 0 Å². The number of nitrogens with zero attached hydrogens (tertiary/aromatic N) is 1. The maximum atomic E-state index is 12.8. The first-order chi connectivity index (χ1) is 12.5. The Hall–Kier alpha value is -2.37. The monoisotopic (exact) mass is 353 g/mol. The van der Waals surface area contributed by atoms with Gasteiger partial charge >= 0.3 is 5.97 Å². The number of carboxylic acids is 1. The zero-order valence-corrected chi connectivity index (χ0v) is 14.6. The summed E-state index contributed by atoms with van der Waals surface area (Å²) in [6.07, 6.45) is 9.24. The van der Waals surface area contributed by atoms with Crippen molar-refractivity contribution in [2.24, 2.45) is 23.2 Å². The number of hydrogen-bond donors (Lipinski definition) is 3. The van der Waals surface area contributed by atoms with Gasteiger partial charge in [0.05, 0.1) is 28.5 Å². The van der Waals surface area contributed by atoms with Crippen LogP contribution in [0.15, 0.2) is 18.5 Å². The largest absolute Gasteiger partial charge is 0.478 e. The maximum Gasteiger partial charge on any atom is 0.336 e. The van der Waals surface area contributed by atoms with Crippen LogP contribution in [0, 0.1) is 23.2 Å². The van der Waals surface area contributed by atoms with Gasteiger partial charge in [0.1, 0.15) is 0 Å². The molecule has 4 fully saturated rings. The molecule has 1 aromatic heterocycles. The predicted molar refractivity (Wildman–Crippen MR) is 96.0 cm³/mol. The van der Waals surface area contributed by atoms with E-state index in [1.54, 1.807) is 6.07 Å². The van der Waals surface area contributed by atoms with Crippen LogP contribution in [0.2, 0.25) is 0 Å². The van der Waals surface area contributed by atoms with Gasteiger partial charge in [-0.1, -0.05) is 0 Å². The molecule has 26 heavy (non-hydrogen) atoms. The fourth-order valence-corrected chi connectivity index (χ4v) is 6.22. The lowest BCUT2D eigenvalue weighted by Crippen LogP contribution is -2.51. The Kier molecular flexibility index (Phi) is 3.39. The minimum Gasteiger partial charge on any atom is -0.478 e. The number of hydrogen-bond acceptors (Lipinski definition) is 3. The summed E-state index contributed by atoms with van der Waals surface area (Å²) < 4.78 is 0. The molecule has 0 spiro atoms. The lowest BCUT2D eigenvalue weighted by atomic mass is 9.49. The molecule has 0 saturated heterocycles. The minimum atomic E-state index is -1.10. The van der Waals surface area contributed by atoms with Crippen LogP contribution in [0.25, 0.3) is 11.0 Å². The first-order valence-corrected chi connectivity index (χ1v) is 9.50. The van der Waals surface area contributed by atoms with Crippen molar-refractivity contribution >= 4 is 22.9 Å². The number of carboxylic acid groups (broad SMARTS) is 1. The summed E-state index contributed by atoms with van der Waals surface area (Å²) in [5, 5.41) is 12.6. The smallest absolute Gasteiger partial charge is 0.336 e. The number of imidazole rings is 1. The second kappa shape index (κ2) is 5.56. The van der Waals surface area contributed by atoms with E-state index in [0.717, 1.165) is 17.8 Å². The summed E-state index contributed by atoms with van der Waals surface area (Å²) in [4.78, 5) is 31.5. The van der Waals surface area contributed by atoms with E-state index >= 15 is 0 Å². The Bertz CT molecular complexity index is 866. The van der Waals surface area contributed by atoms with E-state index in [2.05, 4.69) is 15.3 Å². The number of amides is 1. The number of benzene rings is 1. The number of carbonyl (C=O) groups excluding carboxylic acids is 1. The molecular weight excluding hydrogens is 330 g/mol. The number of aromatic amines is 1. The van der Waals surface area contributed by atoms with E-state index < -0.39 is 5.97 Å². The highest BCUT2D eigenvalue weighted by Gasteiger charge is 2.50. The number of H-pyrrole nitrogens is 1. The van der Waals surface area contributed by atoms with Gasteiger partial charge in [-0.2, -0.15) is 0 Å². The number of nitrogens with one attached hydrogen (secondary N) is 2. The van der Waals surface area contributed by atoms with Crippen LogP contribution in [-0.2, 0) is 0 Å². The zero-order chi connectivity index (χ0) is 17.9. The fraction of sp³-hybridized carbons (Fsp3) is 0.550. The molecule has 6 nitrogen and oxygen atoms in total. The Morgan fingerprint density at radius 2 is 1.77 bits per heavy atom. The van der Waals surface area contributed by atoms with Crippen LogP contribution < -0.4 is 5.32 Å². The lowest BCUT2D eigenvalue weighted by Gasteiger charge is -2.56. The summed E-state index contributed by atoms with van der Waals surface area (Å²) in [6.45, 7) is 0.660. The van der Waals surface area contributed by atoms with Crippen LogP contribution in [0.5, 0.6) is 0 Å². The summed E-state index contributed by atoms with van der Waals surface area (Å²) in [5.41, 5.74) is 1.67. The fourth-order valence-electron chi connectivity index (χ4n) is 6.22. The Morgan fingerprint density at radius 3 is 2.38 bits per heavy atom. The van der Waals surface area contributed by atoms with Gasteiger partial charge in [-0.3, -0.25) is 4.79 Å². The first kappa shape index (κ1) is 15.9. The third-order valence-corrected chi connectivity index (χ3v) is 6.82. The minimum absolute atomic E-state index is 0.0183. The van der Waals surface area contributed by atoms with Crippen LogP contribution >= 0.6 is 0 Å². The molecule has 6 heteroatoms. The normalized spacial score (nSPS) is 32.1. The number of rotatable bonds is 4. The van der Waals surface area contributed by atoms with Crippen molar-refractivity contribution in [2.45, 2.75) is 38.5 Å². The van der Waals surface area contributed by atoms with Crippen molar-refractivity contribution < 1.29 is 14.7 Å². The van der Waals surface area contributed by atoms with Gasteiger partial charge in [0.2, 0.25) is 0 Å². The molecule has 2 aromatic rings. The molecule has 4 aliphatic rings. The van der Waals surface area contributed by atoms with E-state index in [1.807, 2.05) is 0 Å². The van der Waals surface area contributed by atoms with E-state index in [1.165, 1.54) is 50.9 Å². The summed E-state index contributed by atoms with van der Waals surface area (Å²) in [6, 6.07) is 3.06. The summed E-state index contributed by atoms with van der Waals surface area (Å²) in [7, 11) is 0. The molecule has 136 valence electrons. The number of fused-ring (bicyclic) bond motifs is 1. The van der Waals surface area contributed by atoms with Crippen molar-refractivity contribution in [3.05, 3.63) is 29.6 Å². The van der Waals surface area contributed by atoms with Crippen molar-refractivity contribution in [1.82, 2.24) is 15.3 Å². The SMILES string of the molecule is O=C(O)c1cc2[nH]cnc2cc1C(=O)NCC12CC3CC(CC(C3)C1)C2. The summed E-state index contributed by atoms with van der Waals surface area (Å²) in [5.74, 6) is 1.08. The standard InChI is InChI=1S/C20H23N3O3/c24-18(14-4-16-17(23-10-22-16)5-15(14)19(25)26)21-9-20-6-11-1-12(7-20)3-13(2-11)8-20/h4-5,10-13H,1-3,6-9H2,(H,21,24)(H,22,23)(H,25,26). The molecule has 0 atom stereocenters. The molecule has 4 saturated carbocycles. The van der Waals surface area contributed by atoms with Gasteiger partial charge in [-0.25, -0.2) is 9.78 Å². The van der Waals surface area contributed by atoms with Gasteiger partial charge in [0.15, 0.2) is 0 Å². The highest BCUT2D eigenvalue weighted by Crippen LogP contribution is 2.59. The molecule has 0 radical (unpaired) electrons. The quantitative estimate of drug-likeness (QED) is 0.786. The van der Waals surface area contributed by atoms with Gasteiger partial charge in [0.25, 0.3) is 5.91 Å². The van der Waals surface area contributed by atoms with Crippen molar-refractivity contribution in [2.75, 3.05) is 6.54 Å². The average Bonchev–Trinajstić information content (AvgIpc) is 3.05. The molecule has 1 aromatic carbocycles. The summed E-state index contributed by atoms with van der Waals surface area (Å²) >= 11 is 0. The van der Waals surface area contributed by atoms with Crippen LogP contribution in [0.4, 0.5) is 0 Å². The Balaban J connectivity index is 1.38.